The third kappa shape index (κ3) is 4.42. The number of nitrogens with zero attached hydrogens (tertiary/aromatic N) is 3. The standard InChI is InChI=1S/C18H24N4O/c1-14-5-3-7-17(20-14)19-11-15-9-10-22(12-15)13-16-6-4-8-18(21-16)23-2/h3-8,15H,9-13H2,1-2H3,(H,19,20)/t15-/m1/s1. The normalized spacial score (nSPS) is 18.1. The number of likely N-dealkylation sites (tertiary alicyclic amines) is 1. The highest BCUT2D eigenvalue weighted by atomic mass is 16.5. The van der Waals surface area contributed by atoms with Crippen LogP contribution in [0.4, 0.5) is 5.82 Å². The molecule has 1 aliphatic rings. The van der Waals surface area contributed by atoms with E-state index >= 15 is 0 Å². The maximum Gasteiger partial charge on any atom is 0.213 e. The molecule has 0 saturated carbocycles. The van der Waals surface area contributed by atoms with Crippen LogP contribution < -0.4 is 10.1 Å². The minimum absolute atomic E-state index is 0.655. The minimum atomic E-state index is 0.655. The van der Waals surface area contributed by atoms with Crippen LogP contribution in [0, 0.1) is 12.8 Å². The third-order valence-corrected chi connectivity index (χ3v) is 4.21. The average Bonchev–Trinajstić information content (AvgIpc) is 3.01. The number of methoxy groups -OCH3 is 1. The Bertz CT molecular complexity index is 646. The average molecular weight is 312 g/mol. The lowest BCUT2D eigenvalue weighted by molar-refractivity contribution is 0.312. The van der Waals surface area contributed by atoms with Crippen molar-refractivity contribution < 1.29 is 4.74 Å². The molecule has 0 aliphatic carbocycles. The van der Waals surface area contributed by atoms with Gasteiger partial charge >= 0.3 is 0 Å². The second kappa shape index (κ2) is 7.42. The predicted molar refractivity (Wildman–Crippen MR) is 91.6 cm³/mol. The number of hydrogen-bond donors (Lipinski definition) is 1. The fourth-order valence-electron chi connectivity index (χ4n) is 3.00. The summed E-state index contributed by atoms with van der Waals surface area (Å²) < 4.78 is 5.19. The Labute approximate surface area is 137 Å². The summed E-state index contributed by atoms with van der Waals surface area (Å²) in [6.07, 6.45) is 1.21. The van der Waals surface area contributed by atoms with Crippen molar-refractivity contribution in [1.29, 1.82) is 0 Å². The minimum Gasteiger partial charge on any atom is -0.481 e. The van der Waals surface area contributed by atoms with Gasteiger partial charge in [-0.2, -0.15) is 0 Å². The molecule has 0 bridgehead atoms. The maximum atomic E-state index is 5.19. The number of nitrogens with one attached hydrogen (secondary N) is 1. The van der Waals surface area contributed by atoms with Gasteiger partial charge in [0.05, 0.1) is 12.8 Å². The highest BCUT2D eigenvalue weighted by Crippen LogP contribution is 2.19. The lowest BCUT2D eigenvalue weighted by Gasteiger charge is -2.16. The first-order chi connectivity index (χ1) is 11.2. The molecule has 1 aliphatic heterocycles. The Morgan fingerprint density at radius 1 is 1.22 bits per heavy atom. The van der Waals surface area contributed by atoms with E-state index in [2.05, 4.69) is 26.3 Å². The van der Waals surface area contributed by atoms with Crippen LogP contribution in [0.25, 0.3) is 0 Å². The Kier molecular flexibility index (Phi) is 5.08. The summed E-state index contributed by atoms with van der Waals surface area (Å²) >= 11 is 0. The topological polar surface area (TPSA) is 50.3 Å². The van der Waals surface area contributed by atoms with Crippen molar-refractivity contribution in [1.82, 2.24) is 14.9 Å². The number of rotatable bonds is 6. The zero-order chi connectivity index (χ0) is 16.1. The fraction of sp³-hybridized carbons (Fsp3) is 0.444. The number of aromatic nitrogens is 2. The summed E-state index contributed by atoms with van der Waals surface area (Å²) in [4.78, 5) is 11.4. The van der Waals surface area contributed by atoms with E-state index in [0.717, 1.165) is 43.4 Å². The summed E-state index contributed by atoms with van der Waals surface area (Å²) in [5.74, 6) is 2.31. The van der Waals surface area contributed by atoms with Gasteiger partial charge in [-0.25, -0.2) is 9.97 Å². The first-order valence-electron chi connectivity index (χ1n) is 8.13. The van der Waals surface area contributed by atoms with Gasteiger partial charge in [0.15, 0.2) is 0 Å². The summed E-state index contributed by atoms with van der Waals surface area (Å²) in [6, 6.07) is 12.0. The first kappa shape index (κ1) is 15.7. The van der Waals surface area contributed by atoms with Crippen molar-refractivity contribution in [2.75, 3.05) is 32.1 Å². The number of hydrogen-bond acceptors (Lipinski definition) is 5. The van der Waals surface area contributed by atoms with E-state index < -0.39 is 0 Å². The molecule has 3 rings (SSSR count). The van der Waals surface area contributed by atoms with Crippen molar-refractivity contribution >= 4 is 5.82 Å². The molecule has 5 nitrogen and oxygen atoms in total. The number of aryl methyl sites for hydroxylation is 1. The summed E-state index contributed by atoms with van der Waals surface area (Å²) in [6.45, 7) is 6.09. The van der Waals surface area contributed by atoms with Gasteiger partial charge in [-0.15, -0.1) is 0 Å². The lowest BCUT2D eigenvalue weighted by Crippen LogP contribution is -2.23. The number of anilines is 1. The smallest absolute Gasteiger partial charge is 0.213 e. The molecule has 2 aromatic heterocycles. The molecule has 0 unspecified atom stereocenters. The quantitative estimate of drug-likeness (QED) is 0.889. The van der Waals surface area contributed by atoms with Crippen LogP contribution in [0.1, 0.15) is 17.8 Å². The Morgan fingerprint density at radius 3 is 2.91 bits per heavy atom. The van der Waals surface area contributed by atoms with Gasteiger partial charge in [0.2, 0.25) is 5.88 Å². The first-order valence-corrected chi connectivity index (χ1v) is 8.13. The van der Waals surface area contributed by atoms with Gasteiger partial charge in [0.1, 0.15) is 5.82 Å². The van der Waals surface area contributed by atoms with Crippen molar-refractivity contribution in [2.45, 2.75) is 19.9 Å². The van der Waals surface area contributed by atoms with Crippen molar-refractivity contribution in [3.05, 3.63) is 47.8 Å². The van der Waals surface area contributed by atoms with Crippen molar-refractivity contribution in [2.24, 2.45) is 5.92 Å². The van der Waals surface area contributed by atoms with Gasteiger partial charge in [-0.05, 0) is 44.0 Å². The second-order valence-electron chi connectivity index (χ2n) is 6.11. The summed E-state index contributed by atoms with van der Waals surface area (Å²) in [7, 11) is 1.66. The van der Waals surface area contributed by atoms with Crippen LogP contribution in [0.15, 0.2) is 36.4 Å². The van der Waals surface area contributed by atoms with E-state index in [-0.39, 0.29) is 0 Å². The van der Waals surface area contributed by atoms with Gasteiger partial charge in [0.25, 0.3) is 0 Å². The van der Waals surface area contributed by atoms with Crippen LogP contribution in [-0.2, 0) is 6.54 Å². The maximum absolute atomic E-state index is 5.19. The van der Waals surface area contributed by atoms with E-state index in [1.807, 2.05) is 37.3 Å². The number of ether oxygens (including phenoxy) is 1. The molecule has 1 saturated heterocycles. The Hall–Kier alpha value is -2.14. The van der Waals surface area contributed by atoms with E-state index in [1.165, 1.54) is 6.42 Å². The predicted octanol–water partition coefficient (Wildman–Crippen LogP) is 2.73. The van der Waals surface area contributed by atoms with Crippen molar-refractivity contribution in [3.8, 4) is 5.88 Å². The molecule has 0 amide bonds. The molecule has 3 heterocycles. The largest absolute Gasteiger partial charge is 0.481 e. The summed E-state index contributed by atoms with van der Waals surface area (Å²) in [5.41, 5.74) is 2.12. The van der Waals surface area contributed by atoms with Gasteiger partial charge in [-0.1, -0.05) is 12.1 Å². The molecule has 2 aromatic rings. The van der Waals surface area contributed by atoms with E-state index in [9.17, 15) is 0 Å². The van der Waals surface area contributed by atoms with Crippen LogP contribution in [0.3, 0.4) is 0 Å². The monoisotopic (exact) mass is 312 g/mol. The molecule has 1 fully saturated rings. The van der Waals surface area contributed by atoms with Crippen molar-refractivity contribution in [3.63, 3.8) is 0 Å². The molecular formula is C18H24N4O. The highest BCUT2D eigenvalue weighted by Gasteiger charge is 2.22. The molecule has 0 spiro atoms. The third-order valence-electron chi connectivity index (χ3n) is 4.21. The Morgan fingerprint density at radius 2 is 2.09 bits per heavy atom. The molecule has 0 aromatic carbocycles. The molecule has 0 radical (unpaired) electrons. The molecule has 1 atom stereocenters. The van der Waals surface area contributed by atoms with Crippen LogP contribution >= 0.6 is 0 Å². The zero-order valence-electron chi connectivity index (χ0n) is 13.8. The summed E-state index contributed by atoms with van der Waals surface area (Å²) in [5, 5.41) is 3.46. The van der Waals surface area contributed by atoms with Gasteiger partial charge < -0.3 is 10.1 Å². The molecule has 23 heavy (non-hydrogen) atoms. The molecule has 1 N–H and O–H groups in total. The molecular weight excluding hydrogens is 288 g/mol. The SMILES string of the molecule is COc1cccc(CN2CC[C@H](CNc3cccc(C)n3)C2)n1. The van der Waals surface area contributed by atoms with Gasteiger partial charge in [0, 0.05) is 31.4 Å². The second-order valence-corrected chi connectivity index (χ2v) is 6.11. The molecule has 5 heteroatoms. The van der Waals surface area contributed by atoms with E-state index in [0.29, 0.717) is 11.8 Å². The van der Waals surface area contributed by atoms with E-state index in [4.69, 9.17) is 4.74 Å². The van der Waals surface area contributed by atoms with Crippen LogP contribution in [-0.4, -0.2) is 41.6 Å². The molecule has 122 valence electrons. The fourth-order valence-corrected chi connectivity index (χ4v) is 3.00. The zero-order valence-corrected chi connectivity index (χ0v) is 13.8. The number of pyridine rings is 2. The van der Waals surface area contributed by atoms with Crippen LogP contribution in [0.2, 0.25) is 0 Å². The highest BCUT2D eigenvalue weighted by molar-refractivity contribution is 5.35. The Balaban J connectivity index is 1.48. The lowest BCUT2D eigenvalue weighted by atomic mass is 10.1. The van der Waals surface area contributed by atoms with Crippen LogP contribution in [0.5, 0.6) is 5.88 Å². The van der Waals surface area contributed by atoms with Gasteiger partial charge in [-0.3, -0.25) is 4.90 Å². The van der Waals surface area contributed by atoms with E-state index in [1.54, 1.807) is 7.11 Å².